The molecule has 1 atom stereocenters. The monoisotopic (exact) mass is 385 g/mol. The fraction of sp³-hybridized carbons (Fsp3) is 0.176. The van der Waals surface area contributed by atoms with E-state index in [1.54, 1.807) is 16.8 Å². The van der Waals surface area contributed by atoms with E-state index in [1.165, 1.54) is 6.33 Å². The van der Waals surface area contributed by atoms with E-state index in [-0.39, 0.29) is 11.9 Å². The summed E-state index contributed by atoms with van der Waals surface area (Å²) < 4.78 is 2.56. The number of nitrogens with one attached hydrogen (secondary N) is 1. The van der Waals surface area contributed by atoms with Crippen molar-refractivity contribution in [2.45, 2.75) is 19.4 Å². The number of carbonyl (C=O) groups is 1. The van der Waals surface area contributed by atoms with Crippen LogP contribution in [0.4, 0.5) is 0 Å². The van der Waals surface area contributed by atoms with E-state index >= 15 is 0 Å². The maximum absolute atomic E-state index is 12.5. The van der Waals surface area contributed by atoms with Crippen molar-refractivity contribution in [3.8, 4) is 5.69 Å². The summed E-state index contributed by atoms with van der Waals surface area (Å²) in [4.78, 5) is 12.5. The van der Waals surface area contributed by atoms with Crippen LogP contribution in [-0.4, -0.2) is 26.1 Å². The molecule has 0 saturated heterocycles. The van der Waals surface area contributed by atoms with Crippen molar-refractivity contribution in [2.75, 3.05) is 0 Å². The number of tetrazole rings is 1. The van der Waals surface area contributed by atoms with Crippen molar-refractivity contribution in [2.24, 2.45) is 0 Å². The highest BCUT2D eigenvalue weighted by atomic mass is 79.9. The van der Waals surface area contributed by atoms with E-state index in [4.69, 9.17) is 0 Å². The van der Waals surface area contributed by atoms with Crippen molar-refractivity contribution < 1.29 is 4.79 Å². The molecule has 0 aliphatic carbocycles. The standard InChI is InChI=1S/C17H16BrN5O/c1-2-16(12-3-7-14(18)8-4-12)20-17(24)13-5-9-15(10-6-13)23-11-19-21-22-23/h3-11,16H,2H2,1H3,(H,20,24)/t16-/m1/s1. The molecule has 6 nitrogen and oxygen atoms in total. The second kappa shape index (κ2) is 7.35. The van der Waals surface area contributed by atoms with Gasteiger partial charge in [0.25, 0.3) is 5.91 Å². The summed E-state index contributed by atoms with van der Waals surface area (Å²) >= 11 is 3.42. The Bertz CT molecular complexity index is 800. The Kier molecular flexibility index (Phi) is 5.00. The quantitative estimate of drug-likeness (QED) is 0.730. The molecule has 0 fully saturated rings. The van der Waals surface area contributed by atoms with E-state index in [0.29, 0.717) is 5.56 Å². The fourth-order valence-corrected chi connectivity index (χ4v) is 2.67. The average Bonchev–Trinajstić information content (AvgIpc) is 3.15. The van der Waals surface area contributed by atoms with E-state index < -0.39 is 0 Å². The lowest BCUT2D eigenvalue weighted by molar-refractivity contribution is 0.0935. The lowest BCUT2D eigenvalue weighted by Gasteiger charge is -2.17. The number of aromatic nitrogens is 4. The average molecular weight is 386 g/mol. The normalized spacial score (nSPS) is 11.9. The Balaban J connectivity index is 1.72. The molecule has 1 N–H and O–H groups in total. The Morgan fingerprint density at radius 1 is 1.17 bits per heavy atom. The SMILES string of the molecule is CC[C@@H](NC(=O)c1ccc(-n2cnnn2)cc1)c1ccc(Br)cc1. The molecule has 0 bridgehead atoms. The minimum Gasteiger partial charge on any atom is -0.345 e. The first-order chi connectivity index (χ1) is 11.7. The van der Waals surface area contributed by atoms with Gasteiger partial charge in [-0.1, -0.05) is 35.0 Å². The predicted molar refractivity (Wildman–Crippen MR) is 93.8 cm³/mol. The largest absolute Gasteiger partial charge is 0.345 e. The van der Waals surface area contributed by atoms with Crippen LogP contribution in [0.3, 0.4) is 0 Å². The number of rotatable bonds is 5. The van der Waals surface area contributed by atoms with Crippen LogP contribution in [-0.2, 0) is 0 Å². The lowest BCUT2D eigenvalue weighted by Crippen LogP contribution is -2.28. The molecule has 0 saturated carbocycles. The third-order valence-corrected chi connectivity index (χ3v) is 4.26. The Labute approximate surface area is 148 Å². The first kappa shape index (κ1) is 16.3. The van der Waals surface area contributed by atoms with Gasteiger partial charge in [-0.05, 0) is 58.8 Å². The number of halogens is 1. The third kappa shape index (κ3) is 3.68. The van der Waals surface area contributed by atoms with Crippen molar-refractivity contribution in [1.82, 2.24) is 25.5 Å². The van der Waals surface area contributed by atoms with E-state index in [9.17, 15) is 4.79 Å². The molecule has 0 unspecified atom stereocenters. The van der Waals surface area contributed by atoms with Crippen molar-refractivity contribution in [3.63, 3.8) is 0 Å². The van der Waals surface area contributed by atoms with Crippen LogP contribution in [0.1, 0.15) is 35.3 Å². The van der Waals surface area contributed by atoms with Crippen LogP contribution in [0, 0.1) is 0 Å². The number of carbonyl (C=O) groups excluding carboxylic acids is 1. The van der Waals surface area contributed by atoms with Gasteiger partial charge in [-0.15, -0.1) is 5.10 Å². The van der Waals surface area contributed by atoms with Crippen LogP contribution in [0.15, 0.2) is 59.3 Å². The third-order valence-electron chi connectivity index (χ3n) is 3.73. The summed E-state index contributed by atoms with van der Waals surface area (Å²) in [5, 5.41) is 14.1. The molecule has 24 heavy (non-hydrogen) atoms. The molecule has 3 aromatic rings. The van der Waals surface area contributed by atoms with E-state index in [0.717, 1.165) is 22.1 Å². The van der Waals surface area contributed by atoms with Gasteiger partial charge in [-0.3, -0.25) is 4.79 Å². The molecule has 1 amide bonds. The van der Waals surface area contributed by atoms with Gasteiger partial charge in [-0.2, -0.15) is 0 Å². The second-order valence-corrected chi connectivity index (χ2v) is 6.20. The second-order valence-electron chi connectivity index (χ2n) is 5.29. The maximum atomic E-state index is 12.5. The van der Waals surface area contributed by atoms with Crippen molar-refractivity contribution in [1.29, 1.82) is 0 Å². The van der Waals surface area contributed by atoms with Gasteiger partial charge >= 0.3 is 0 Å². The van der Waals surface area contributed by atoms with Gasteiger partial charge in [0.05, 0.1) is 11.7 Å². The molecule has 0 aliphatic rings. The summed E-state index contributed by atoms with van der Waals surface area (Å²) in [5.74, 6) is -0.104. The highest BCUT2D eigenvalue weighted by molar-refractivity contribution is 9.10. The van der Waals surface area contributed by atoms with E-state index in [2.05, 4.69) is 36.8 Å². The molecule has 3 rings (SSSR count). The maximum Gasteiger partial charge on any atom is 0.251 e. The van der Waals surface area contributed by atoms with Crippen molar-refractivity contribution in [3.05, 3.63) is 70.5 Å². The Morgan fingerprint density at radius 3 is 2.46 bits per heavy atom. The predicted octanol–water partition coefficient (Wildman–Crippen LogP) is 3.31. The Hall–Kier alpha value is -2.54. The molecule has 7 heteroatoms. The summed E-state index contributed by atoms with van der Waals surface area (Å²) in [6, 6.07) is 15.1. The van der Waals surface area contributed by atoms with Crippen LogP contribution >= 0.6 is 15.9 Å². The molecule has 1 aromatic heterocycles. The smallest absolute Gasteiger partial charge is 0.251 e. The number of benzene rings is 2. The van der Waals surface area contributed by atoms with Gasteiger partial charge in [0.15, 0.2) is 0 Å². The highest BCUT2D eigenvalue weighted by Crippen LogP contribution is 2.20. The van der Waals surface area contributed by atoms with Crippen LogP contribution in [0.2, 0.25) is 0 Å². The molecule has 1 heterocycles. The summed E-state index contributed by atoms with van der Waals surface area (Å²) in [6.07, 6.45) is 2.33. The highest BCUT2D eigenvalue weighted by Gasteiger charge is 2.14. The first-order valence-electron chi connectivity index (χ1n) is 7.57. The molecule has 2 aromatic carbocycles. The molecule has 0 spiro atoms. The summed E-state index contributed by atoms with van der Waals surface area (Å²) in [5.41, 5.74) is 2.48. The summed E-state index contributed by atoms with van der Waals surface area (Å²) in [7, 11) is 0. The first-order valence-corrected chi connectivity index (χ1v) is 8.36. The van der Waals surface area contributed by atoms with Gasteiger partial charge in [0, 0.05) is 10.0 Å². The molecular weight excluding hydrogens is 370 g/mol. The molecule has 0 aliphatic heterocycles. The summed E-state index contributed by atoms with van der Waals surface area (Å²) in [6.45, 7) is 2.05. The van der Waals surface area contributed by atoms with Gasteiger partial charge in [0.1, 0.15) is 6.33 Å². The zero-order valence-corrected chi connectivity index (χ0v) is 14.6. The lowest BCUT2D eigenvalue weighted by atomic mass is 10.0. The van der Waals surface area contributed by atoms with Crippen molar-refractivity contribution >= 4 is 21.8 Å². The van der Waals surface area contributed by atoms with Gasteiger partial charge in [0.2, 0.25) is 0 Å². The van der Waals surface area contributed by atoms with Gasteiger partial charge < -0.3 is 5.32 Å². The number of hydrogen-bond donors (Lipinski definition) is 1. The molecular formula is C17H16BrN5O. The minimum atomic E-state index is -0.104. The molecule has 0 radical (unpaired) electrons. The topological polar surface area (TPSA) is 72.7 Å². The zero-order chi connectivity index (χ0) is 16.9. The fourth-order valence-electron chi connectivity index (χ4n) is 2.40. The van der Waals surface area contributed by atoms with Crippen LogP contribution < -0.4 is 5.32 Å². The van der Waals surface area contributed by atoms with Crippen LogP contribution in [0.5, 0.6) is 0 Å². The number of nitrogens with zero attached hydrogens (tertiary/aromatic N) is 4. The van der Waals surface area contributed by atoms with Crippen LogP contribution in [0.25, 0.3) is 5.69 Å². The number of amides is 1. The minimum absolute atomic E-state index is 0.0233. The number of hydrogen-bond acceptors (Lipinski definition) is 4. The van der Waals surface area contributed by atoms with Gasteiger partial charge in [-0.25, -0.2) is 4.68 Å². The zero-order valence-electron chi connectivity index (χ0n) is 13.1. The molecule has 122 valence electrons. The Morgan fingerprint density at radius 2 is 1.88 bits per heavy atom. The van der Waals surface area contributed by atoms with E-state index in [1.807, 2.05) is 43.3 Å².